The Morgan fingerprint density at radius 3 is 2.16 bits per heavy atom. The van der Waals surface area contributed by atoms with E-state index in [1.54, 1.807) is 7.11 Å². The summed E-state index contributed by atoms with van der Waals surface area (Å²) in [6.07, 6.45) is 0. The van der Waals surface area contributed by atoms with Crippen LogP contribution in [-0.2, 0) is 0 Å². The molecular formula is C16H20N2O. The van der Waals surface area contributed by atoms with Crippen molar-refractivity contribution in [3.05, 3.63) is 47.5 Å². The number of nitrogens with two attached hydrogens (primary N) is 1. The number of ether oxygens (including phenoxy) is 1. The Labute approximate surface area is 114 Å². The van der Waals surface area contributed by atoms with Gasteiger partial charge in [-0.25, -0.2) is 0 Å². The molecule has 0 saturated carbocycles. The lowest BCUT2D eigenvalue weighted by molar-refractivity contribution is 0.408. The first-order valence-corrected chi connectivity index (χ1v) is 6.27. The lowest BCUT2D eigenvalue weighted by atomic mass is 10.1. The number of rotatable bonds is 3. The Bertz CT molecular complexity index is 570. The predicted octanol–water partition coefficient (Wildman–Crippen LogP) is 3.66. The summed E-state index contributed by atoms with van der Waals surface area (Å²) in [4.78, 5) is 2.12. The summed E-state index contributed by atoms with van der Waals surface area (Å²) in [6.45, 7) is 4.12. The van der Waals surface area contributed by atoms with E-state index in [1.807, 2.05) is 31.3 Å². The average Bonchev–Trinajstić information content (AvgIpc) is 2.37. The van der Waals surface area contributed by atoms with Crippen LogP contribution in [0.4, 0.5) is 17.1 Å². The Kier molecular flexibility index (Phi) is 3.65. The van der Waals surface area contributed by atoms with Crippen LogP contribution in [0.1, 0.15) is 11.1 Å². The minimum Gasteiger partial charge on any atom is -0.496 e. The molecule has 0 saturated heterocycles. The third-order valence-corrected chi connectivity index (χ3v) is 3.29. The van der Waals surface area contributed by atoms with Gasteiger partial charge in [-0.1, -0.05) is 6.07 Å². The molecular weight excluding hydrogens is 236 g/mol. The van der Waals surface area contributed by atoms with Gasteiger partial charge >= 0.3 is 0 Å². The fraction of sp³-hybridized carbons (Fsp3) is 0.250. The molecule has 0 heterocycles. The van der Waals surface area contributed by atoms with Crippen molar-refractivity contribution in [2.45, 2.75) is 13.8 Å². The van der Waals surface area contributed by atoms with Crippen molar-refractivity contribution < 1.29 is 4.74 Å². The normalized spacial score (nSPS) is 10.3. The highest BCUT2D eigenvalue weighted by atomic mass is 16.5. The highest BCUT2D eigenvalue weighted by Crippen LogP contribution is 2.32. The predicted molar refractivity (Wildman–Crippen MR) is 81.4 cm³/mol. The zero-order valence-electron chi connectivity index (χ0n) is 11.9. The lowest BCUT2D eigenvalue weighted by Gasteiger charge is -2.22. The highest BCUT2D eigenvalue weighted by Gasteiger charge is 2.09. The molecule has 19 heavy (non-hydrogen) atoms. The Morgan fingerprint density at radius 1 is 1.00 bits per heavy atom. The Morgan fingerprint density at radius 2 is 1.63 bits per heavy atom. The van der Waals surface area contributed by atoms with Crippen molar-refractivity contribution in [1.29, 1.82) is 0 Å². The molecule has 100 valence electrons. The van der Waals surface area contributed by atoms with Gasteiger partial charge in [0.1, 0.15) is 5.75 Å². The van der Waals surface area contributed by atoms with Crippen molar-refractivity contribution in [1.82, 2.24) is 0 Å². The molecule has 2 aromatic carbocycles. The molecule has 3 nitrogen and oxygen atoms in total. The Hall–Kier alpha value is -2.16. The molecule has 0 aromatic heterocycles. The zero-order chi connectivity index (χ0) is 14.0. The van der Waals surface area contributed by atoms with Crippen LogP contribution >= 0.6 is 0 Å². The molecule has 2 N–H and O–H groups in total. The first-order chi connectivity index (χ1) is 9.02. The van der Waals surface area contributed by atoms with Gasteiger partial charge in [0.05, 0.1) is 7.11 Å². The van der Waals surface area contributed by atoms with Crippen molar-refractivity contribution >= 4 is 17.1 Å². The van der Waals surface area contributed by atoms with Crippen LogP contribution in [-0.4, -0.2) is 14.2 Å². The maximum atomic E-state index is 5.83. The second-order valence-electron chi connectivity index (χ2n) is 4.77. The summed E-state index contributed by atoms with van der Waals surface area (Å²) in [5.74, 6) is 0.949. The number of hydrogen-bond donors (Lipinski definition) is 1. The average molecular weight is 256 g/mol. The molecule has 2 rings (SSSR count). The van der Waals surface area contributed by atoms with Crippen LogP contribution in [0, 0.1) is 13.8 Å². The van der Waals surface area contributed by atoms with Gasteiger partial charge in [0, 0.05) is 24.1 Å². The van der Waals surface area contributed by atoms with Gasteiger partial charge in [0.2, 0.25) is 0 Å². The van der Waals surface area contributed by atoms with Gasteiger partial charge in [-0.2, -0.15) is 0 Å². The number of hydrogen-bond acceptors (Lipinski definition) is 3. The van der Waals surface area contributed by atoms with E-state index in [2.05, 4.69) is 30.9 Å². The summed E-state index contributed by atoms with van der Waals surface area (Å²) in [5.41, 5.74) is 11.1. The first-order valence-electron chi connectivity index (χ1n) is 6.27. The van der Waals surface area contributed by atoms with E-state index in [-0.39, 0.29) is 0 Å². The van der Waals surface area contributed by atoms with Gasteiger partial charge in [0.15, 0.2) is 0 Å². The second-order valence-corrected chi connectivity index (χ2v) is 4.77. The fourth-order valence-corrected chi connectivity index (χ4v) is 2.33. The summed E-state index contributed by atoms with van der Waals surface area (Å²) in [5, 5.41) is 0. The van der Waals surface area contributed by atoms with Crippen molar-refractivity contribution in [2.75, 3.05) is 24.8 Å². The van der Waals surface area contributed by atoms with Gasteiger partial charge in [0.25, 0.3) is 0 Å². The standard InChI is InChI=1S/C16H20N2O/c1-11-8-15(9-12(2)16(11)19-4)18(3)14-7-5-6-13(17)10-14/h5-10H,17H2,1-4H3. The Balaban J connectivity index is 2.42. The maximum absolute atomic E-state index is 5.83. The van der Waals surface area contributed by atoms with Crippen LogP contribution < -0.4 is 15.4 Å². The highest BCUT2D eigenvalue weighted by molar-refractivity contribution is 5.68. The van der Waals surface area contributed by atoms with Crippen LogP contribution in [0.3, 0.4) is 0 Å². The van der Waals surface area contributed by atoms with E-state index in [1.165, 1.54) is 0 Å². The van der Waals surface area contributed by atoms with E-state index < -0.39 is 0 Å². The third-order valence-electron chi connectivity index (χ3n) is 3.29. The van der Waals surface area contributed by atoms with Crippen LogP contribution in [0.2, 0.25) is 0 Å². The van der Waals surface area contributed by atoms with Gasteiger partial charge in [-0.3, -0.25) is 0 Å². The number of anilines is 3. The number of benzene rings is 2. The first kappa shape index (κ1) is 13.3. The monoisotopic (exact) mass is 256 g/mol. The van der Waals surface area contributed by atoms with Crippen LogP contribution in [0.25, 0.3) is 0 Å². The third kappa shape index (κ3) is 2.65. The maximum Gasteiger partial charge on any atom is 0.124 e. The summed E-state index contributed by atoms with van der Waals surface area (Å²) < 4.78 is 5.40. The van der Waals surface area contributed by atoms with E-state index in [9.17, 15) is 0 Å². The molecule has 0 spiro atoms. The molecule has 2 aromatic rings. The molecule has 0 aliphatic rings. The molecule has 0 radical (unpaired) electrons. The van der Waals surface area contributed by atoms with Crippen molar-refractivity contribution in [3.63, 3.8) is 0 Å². The van der Waals surface area contributed by atoms with Gasteiger partial charge in [-0.05, 0) is 55.3 Å². The van der Waals surface area contributed by atoms with E-state index in [0.29, 0.717) is 0 Å². The van der Waals surface area contributed by atoms with Gasteiger partial charge in [-0.15, -0.1) is 0 Å². The van der Waals surface area contributed by atoms with Crippen molar-refractivity contribution in [3.8, 4) is 5.75 Å². The summed E-state index contributed by atoms with van der Waals surface area (Å²) in [6, 6.07) is 12.1. The van der Waals surface area contributed by atoms with E-state index in [0.717, 1.165) is 33.9 Å². The summed E-state index contributed by atoms with van der Waals surface area (Å²) in [7, 11) is 3.74. The zero-order valence-corrected chi connectivity index (χ0v) is 11.9. The minimum absolute atomic E-state index is 0.770. The number of nitrogen functional groups attached to an aromatic ring is 1. The quantitative estimate of drug-likeness (QED) is 0.852. The lowest BCUT2D eigenvalue weighted by Crippen LogP contribution is -2.10. The number of methoxy groups -OCH3 is 1. The van der Waals surface area contributed by atoms with Crippen LogP contribution in [0.15, 0.2) is 36.4 Å². The largest absolute Gasteiger partial charge is 0.496 e. The SMILES string of the molecule is COc1c(C)cc(N(C)c2cccc(N)c2)cc1C. The molecule has 0 aliphatic heterocycles. The summed E-state index contributed by atoms with van der Waals surface area (Å²) >= 11 is 0. The van der Waals surface area contributed by atoms with Crippen LogP contribution in [0.5, 0.6) is 5.75 Å². The molecule has 0 aliphatic carbocycles. The minimum atomic E-state index is 0.770. The molecule has 0 bridgehead atoms. The van der Waals surface area contributed by atoms with Gasteiger partial charge < -0.3 is 15.4 Å². The van der Waals surface area contributed by atoms with E-state index >= 15 is 0 Å². The van der Waals surface area contributed by atoms with E-state index in [4.69, 9.17) is 10.5 Å². The molecule has 3 heteroatoms. The number of nitrogens with zero attached hydrogens (tertiary/aromatic N) is 1. The molecule has 0 unspecified atom stereocenters. The molecule has 0 atom stereocenters. The van der Waals surface area contributed by atoms with Crippen molar-refractivity contribution in [2.24, 2.45) is 0 Å². The molecule has 0 fully saturated rings. The smallest absolute Gasteiger partial charge is 0.124 e. The fourth-order valence-electron chi connectivity index (χ4n) is 2.33. The second kappa shape index (κ2) is 5.22. The number of aryl methyl sites for hydroxylation is 2. The topological polar surface area (TPSA) is 38.5 Å². The molecule has 0 amide bonds.